The topological polar surface area (TPSA) is 19.0 Å². The molecule has 4 nitrogen and oxygen atoms in total. The second kappa shape index (κ2) is 7.46. The van der Waals surface area contributed by atoms with Gasteiger partial charge in [0.2, 0.25) is 0 Å². The molecule has 1 fully saturated rings. The highest BCUT2D eigenvalue weighted by molar-refractivity contribution is 5.77. The molecule has 2 aliphatic heterocycles. The second-order valence-corrected chi connectivity index (χ2v) is 7.04. The molecule has 1 saturated heterocycles. The van der Waals surface area contributed by atoms with E-state index in [4.69, 9.17) is 4.74 Å². The van der Waals surface area contributed by atoms with Crippen LogP contribution in [0, 0.1) is 0 Å². The Hall–Kier alpha value is -2.04. The van der Waals surface area contributed by atoms with Crippen LogP contribution in [-0.4, -0.2) is 56.1 Å². The maximum atomic E-state index is 6.06. The summed E-state index contributed by atoms with van der Waals surface area (Å²) in [7, 11) is 2.21. The van der Waals surface area contributed by atoms with Gasteiger partial charge in [-0.1, -0.05) is 24.3 Å². The first kappa shape index (κ1) is 16.4. The number of fused-ring (bicyclic) bond motifs is 2. The van der Waals surface area contributed by atoms with Crippen molar-refractivity contribution in [2.75, 3.05) is 51.2 Å². The van der Waals surface area contributed by atoms with Crippen LogP contribution < -0.4 is 9.64 Å². The quantitative estimate of drug-likeness (QED) is 0.769. The van der Waals surface area contributed by atoms with Crippen molar-refractivity contribution in [3.8, 4) is 11.5 Å². The van der Waals surface area contributed by atoms with E-state index in [1.165, 1.54) is 56.9 Å². The maximum Gasteiger partial charge on any atom is 0.151 e. The minimum Gasteiger partial charge on any atom is -0.453 e. The molecule has 0 spiro atoms. The highest BCUT2D eigenvalue weighted by Crippen LogP contribution is 2.46. The average Bonchev–Trinajstić information content (AvgIpc) is 2.66. The maximum absolute atomic E-state index is 6.06. The molecule has 0 atom stereocenters. The molecule has 2 heterocycles. The third-order valence-electron chi connectivity index (χ3n) is 5.23. The fourth-order valence-electron chi connectivity index (χ4n) is 3.70. The van der Waals surface area contributed by atoms with Gasteiger partial charge in [-0.2, -0.15) is 0 Å². The Balaban J connectivity index is 1.39. The number of para-hydroxylation sites is 4. The van der Waals surface area contributed by atoms with Gasteiger partial charge in [-0.25, -0.2) is 0 Å². The fraction of sp³-hybridized carbons (Fsp3) is 0.429. The van der Waals surface area contributed by atoms with Gasteiger partial charge >= 0.3 is 0 Å². The first-order chi connectivity index (χ1) is 12.3. The van der Waals surface area contributed by atoms with E-state index in [0.29, 0.717) is 0 Å². The van der Waals surface area contributed by atoms with Crippen LogP contribution in [0.15, 0.2) is 48.5 Å². The van der Waals surface area contributed by atoms with E-state index >= 15 is 0 Å². The number of unbranched alkanes of at least 4 members (excludes halogenated alkanes) is 1. The lowest BCUT2D eigenvalue weighted by molar-refractivity contribution is 0.152. The Kier molecular flexibility index (Phi) is 4.90. The molecule has 0 amide bonds. The van der Waals surface area contributed by atoms with Crippen LogP contribution >= 0.6 is 0 Å². The van der Waals surface area contributed by atoms with E-state index in [0.717, 1.165) is 18.0 Å². The van der Waals surface area contributed by atoms with Crippen molar-refractivity contribution in [2.24, 2.45) is 0 Å². The zero-order chi connectivity index (χ0) is 17.1. The number of nitrogens with zero attached hydrogens (tertiary/aromatic N) is 3. The summed E-state index contributed by atoms with van der Waals surface area (Å²) in [5, 5.41) is 0. The third kappa shape index (κ3) is 3.65. The van der Waals surface area contributed by atoms with E-state index in [2.05, 4.69) is 58.1 Å². The van der Waals surface area contributed by atoms with Gasteiger partial charge in [0.15, 0.2) is 11.5 Å². The molecule has 0 bridgehead atoms. The molecule has 132 valence electrons. The molecule has 0 radical (unpaired) electrons. The Labute approximate surface area is 150 Å². The van der Waals surface area contributed by atoms with Gasteiger partial charge in [0.25, 0.3) is 0 Å². The first-order valence-electron chi connectivity index (χ1n) is 9.35. The standard InChI is InChI=1S/C21H27N3O/c1-22-14-16-23(17-15-22)12-6-7-13-24-18-8-2-4-10-20(18)25-21-11-5-3-9-19(21)24/h2-5,8-11H,6-7,12-17H2,1H3. The molecule has 25 heavy (non-hydrogen) atoms. The van der Waals surface area contributed by atoms with E-state index in [9.17, 15) is 0 Å². The summed E-state index contributed by atoms with van der Waals surface area (Å²) in [6.07, 6.45) is 2.43. The largest absolute Gasteiger partial charge is 0.453 e. The number of benzene rings is 2. The van der Waals surface area contributed by atoms with Crippen LogP contribution in [0.2, 0.25) is 0 Å². The number of hydrogen-bond acceptors (Lipinski definition) is 4. The lowest BCUT2D eigenvalue weighted by Gasteiger charge is -2.34. The van der Waals surface area contributed by atoms with Crippen molar-refractivity contribution in [3.05, 3.63) is 48.5 Å². The number of piperazine rings is 1. The van der Waals surface area contributed by atoms with Gasteiger partial charge in [0.05, 0.1) is 11.4 Å². The van der Waals surface area contributed by atoms with E-state index in [1.807, 2.05) is 12.1 Å². The van der Waals surface area contributed by atoms with Crippen LogP contribution in [0.4, 0.5) is 11.4 Å². The van der Waals surface area contributed by atoms with Crippen LogP contribution in [0.1, 0.15) is 12.8 Å². The summed E-state index contributed by atoms with van der Waals surface area (Å²) >= 11 is 0. The molecular formula is C21H27N3O. The average molecular weight is 337 g/mol. The Morgan fingerprint density at radius 1 is 0.760 bits per heavy atom. The highest BCUT2D eigenvalue weighted by atomic mass is 16.5. The summed E-state index contributed by atoms with van der Waals surface area (Å²) in [6, 6.07) is 16.7. The molecular weight excluding hydrogens is 310 g/mol. The summed E-state index contributed by atoms with van der Waals surface area (Å²) in [6.45, 7) is 7.06. The molecule has 0 saturated carbocycles. The molecule has 0 N–H and O–H groups in total. The normalized spacial score (nSPS) is 17.7. The number of likely N-dealkylation sites (N-methyl/N-ethyl adjacent to an activating group) is 1. The molecule has 4 rings (SSSR count). The minimum absolute atomic E-state index is 0.959. The highest BCUT2D eigenvalue weighted by Gasteiger charge is 2.23. The van der Waals surface area contributed by atoms with Crippen LogP contribution in [0.25, 0.3) is 0 Å². The zero-order valence-corrected chi connectivity index (χ0v) is 15.0. The summed E-state index contributed by atoms with van der Waals surface area (Å²) in [5.41, 5.74) is 2.36. The number of rotatable bonds is 5. The predicted molar refractivity (Wildman–Crippen MR) is 103 cm³/mol. The molecule has 2 aromatic carbocycles. The van der Waals surface area contributed by atoms with Crippen molar-refractivity contribution < 1.29 is 4.74 Å². The van der Waals surface area contributed by atoms with Gasteiger partial charge in [-0.15, -0.1) is 0 Å². The van der Waals surface area contributed by atoms with Crippen molar-refractivity contribution >= 4 is 11.4 Å². The third-order valence-corrected chi connectivity index (χ3v) is 5.23. The van der Waals surface area contributed by atoms with Gasteiger partial charge < -0.3 is 19.4 Å². The Morgan fingerprint density at radius 2 is 1.32 bits per heavy atom. The van der Waals surface area contributed by atoms with E-state index in [1.54, 1.807) is 0 Å². The lowest BCUT2D eigenvalue weighted by Crippen LogP contribution is -2.44. The van der Waals surface area contributed by atoms with Crippen molar-refractivity contribution in [3.63, 3.8) is 0 Å². The van der Waals surface area contributed by atoms with Crippen molar-refractivity contribution in [1.29, 1.82) is 0 Å². The molecule has 4 heteroatoms. The molecule has 0 aliphatic carbocycles. The first-order valence-corrected chi connectivity index (χ1v) is 9.35. The predicted octanol–water partition coefficient (Wildman–Crippen LogP) is 3.96. The van der Waals surface area contributed by atoms with Gasteiger partial charge in [0.1, 0.15) is 0 Å². The number of ether oxygens (including phenoxy) is 1. The monoisotopic (exact) mass is 337 g/mol. The second-order valence-electron chi connectivity index (χ2n) is 7.04. The zero-order valence-electron chi connectivity index (χ0n) is 15.0. The van der Waals surface area contributed by atoms with Crippen LogP contribution in [0.5, 0.6) is 11.5 Å². The van der Waals surface area contributed by atoms with Gasteiger partial charge in [-0.05, 0) is 50.7 Å². The molecule has 0 unspecified atom stereocenters. The SMILES string of the molecule is CN1CCN(CCCCN2c3ccccc3Oc3ccccc32)CC1. The molecule has 2 aliphatic rings. The Bertz CT molecular complexity index is 664. The number of anilines is 2. The van der Waals surface area contributed by atoms with E-state index in [-0.39, 0.29) is 0 Å². The molecule has 2 aromatic rings. The summed E-state index contributed by atoms with van der Waals surface area (Å²) in [5.74, 6) is 1.92. The lowest BCUT2D eigenvalue weighted by atomic mass is 10.1. The van der Waals surface area contributed by atoms with Crippen LogP contribution in [0.3, 0.4) is 0 Å². The van der Waals surface area contributed by atoms with Crippen molar-refractivity contribution in [2.45, 2.75) is 12.8 Å². The minimum atomic E-state index is 0.959. The summed E-state index contributed by atoms with van der Waals surface area (Å²) in [4.78, 5) is 7.43. The smallest absolute Gasteiger partial charge is 0.151 e. The van der Waals surface area contributed by atoms with Gasteiger partial charge in [0, 0.05) is 32.7 Å². The van der Waals surface area contributed by atoms with Crippen molar-refractivity contribution in [1.82, 2.24) is 9.80 Å². The van der Waals surface area contributed by atoms with Gasteiger partial charge in [-0.3, -0.25) is 0 Å². The van der Waals surface area contributed by atoms with Crippen LogP contribution in [-0.2, 0) is 0 Å². The number of hydrogen-bond donors (Lipinski definition) is 0. The van der Waals surface area contributed by atoms with E-state index < -0.39 is 0 Å². The fourth-order valence-corrected chi connectivity index (χ4v) is 3.70. The summed E-state index contributed by atoms with van der Waals surface area (Å²) < 4.78 is 6.06. The molecule has 0 aromatic heterocycles. The Morgan fingerprint density at radius 3 is 1.96 bits per heavy atom.